The molecule has 1 fully saturated rings. The van der Waals surface area contributed by atoms with Crippen molar-refractivity contribution in [2.75, 3.05) is 26.2 Å². The van der Waals surface area contributed by atoms with E-state index in [1.807, 2.05) is 43.9 Å². The Kier molecular flexibility index (Phi) is 5.00. The molecule has 26 heavy (non-hydrogen) atoms. The normalized spacial score (nSPS) is 15.2. The zero-order chi connectivity index (χ0) is 18.9. The van der Waals surface area contributed by atoms with E-state index in [9.17, 15) is 9.59 Å². The standard InChI is InChI=1S/C18H22ClN5O2/c1-18(2,3)17(26)23-10-8-22(9-11-23)16(25)14-12-24(21-20-14)15-7-5-4-6-13(15)19/h4-7,12H,8-11H2,1-3H3. The third-order valence-electron chi connectivity index (χ3n) is 4.31. The molecule has 0 atom stereocenters. The lowest BCUT2D eigenvalue weighted by Gasteiger charge is -2.37. The van der Waals surface area contributed by atoms with Crippen LogP contribution in [0.3, 0.4) is 0 Å². The van der Waals surface area contributed by atoms with E-state index in [0.717, 1.165) is 0 Å². The van der Waals surface area contributed by atoms with Crippen LogP contribution < -0.4 is 0 Å². The van der Waals surface area contributed by atoms with E-state index in [0.29, 0.717) is 36.9 Å². The third kappa shape index (κ3) is 3.72. The molecule has 1 aromatic heterocycles. The van der Waals surface area contributed by atoms with E-state index in [2.05, 4.69) is 10.3 Å². The molecule has 1 aliphatic heterocycles. The predicted molar refractivity (Wildman–Crippen MR) is 98.3 cm³/mol. The van der Waals surface area contributed by atoms with Crippen LogP contribution in [0.1, 0.15) is 31.3 Å². The van der Waals surface area contributed by atoms with Crippen LogP contribution in [-0.4, -0.2) is 62.8 Å². The highest BCUT2D eigenvalue weighted by atomic mass is 35.5. The molecule has 0 unspecified atom stereocenters. The first-order valence-corrected chi connectivity index (χ1v) is 8.91. The van der Waals surface area contributed by atoms with Gasteiger partial charge in [-0.25, -0.2) is 4.68 Å². The van der Waals surface area contributed by atoms with Gasteiger partial charge < -0.3 is 9.80 Å². The van der Waals surface area contributed by atoms with E-state index in [4.69, 9.17) is 11.6 Å². The number of para-hydroxylation sites is 1. The van der Waals surface area contributed by atoms with E-state index >= 15 is 0 Å². The van der Waals surface area contributed by atoms with Crippen LogP contribution in [0.2, 0.25) is 5.02 Å². The van der Waals surface area contributed by atoms with E-state index in [1.165, 1.54) is 4.68 Å². The number of piperazine rings is 1. The highest BCUT2D eigenvalue weighted by molar-refractivity contribution is 6.32. The summed E-state index contributed by atoms with van der Waals surface area (Å²) in [6.07, 6.45) is 1.58. The predicted octanol–water partition coefficient (Wildman–Crippen LogP) is 2.25. The highest BCUT2D eigenvalue weighted by Gasteiger charge is 2.31. The van der Waals surface area contributed by atoms with Crippen LogP contribution in [0.15, 0.2) is 30.5 Å². The van der Waals surface area contributed by atoms with Crippen molar-refractivity contribution in [3.63, 3.8) is 0 Å². The number of aromatic nitrogens is 3. The smallest absolute Gasteiger partial charge is 0.276 e. The molecule has 8 heteroatoms. The molecular weight excluding hydrogens is 354 g/mol. The maximum absolute atomic E-state index is 12.7. The largest absolute Gasteiger partial charge is 0.339 e. The average Bonchev–Trinajstić information content (AvgIpc) is 3.10. The van der Waals surface area contributed by atoms with Gasteiger partial charge in [0.1, 0.15) is 0 Å². The Morgan fingerprint density at radius 2 is 1.65 bits per heavy atom. The number of amides is 2. The summed E-state index contributed by atoms with van der Waals surface area (Å²) in [7, 11) is 0. The summed E-state index contributed by atoms with van der Waals surface area (Å²) >= 11 is 6.16. The first kappa shape index (κ1) is 18.4. The van der Waals surface area contributed by atoms with Gasteiger partial charge in [0.25, 0.3) is 5.91 Å². The molecule has 138 valence electrons. The Balaban J connectivity index is 1.67. The summed E-state index contributed by atoms with van der Waals surface area (Å²) in [5, 5.41) is 8.53. The Hall–Kier alpha value is -2.41. The van der Waals surface area contributed by atoms with Crippen molar-refractivity contribution in [1.29, 1.82) is 0 Å². The van der Waals surface area contributed by atoms with E-state index in [1.54, 1.807) is 17.2 Å². The van der Waals surface area contributed by atoms with Crippen molar-refractivity contribution in [2.45, 2.75) is 20.8 Å². The maximum Gasteiger partial charge on any atom is 0.276 e. The lowest BCUT2D eigenvalue weighted by Crippen LogP contribution is -2.53. The fraction of sp³-hybridized carbons (Fsp3) is 0.444. The molecule has 0 N–H and O–H groups in total. The zero-order valence-corrected chi connectivity index (χ0v) is 15.9. The second-order valence-electron chi connectivity index (χ2n) is 7.33. The summed E-state index contributed by atoms with van der Waals surface area (Å²) in [6, 6.07) is 7.23. The number of carbonyl (C=O) groups excluding carboxylic acids is 2. The van der Waals surface area contributed by atoms with Crippen LogP contribution in [0.25, 0.3) is 5.69 Å². The molecule has 2 heterocycles. The minimum Gasteiger partial charge on any atom is -0.339 e. The van der Waals surface area contributed by atoms with E-state index < -0.39 is 5.41 Å². The van der Waals surface area contributed by atoms with Crippen molar-refractivity contribution >= 4 is 23.4 Å². The van der Waals surface area contributed by atoms with Crippen LogP contribution in [0, 0.1) is 5.41 Å². The second-order valence-corrected chi connectivity index (χ2v) is 7.74. The number of hydrogen-bond donors (Lipinski definition) is 0. The van der Waals surface area contributed by atoms with Gasteiger partial charge in [0.05, 0.1) is 16.9 Å². The summed E-state index contributed by atoms with van der Waals surface area (Å²) in [5.41, 5.74) is 0.519. The number of halogens is 1. The molecule has 0 radical (unpaired) electrons. The van der Waals surface area contributed by atoms with Gasteiger partial charge in [-0.05, 0) is 12.1 Å². The molecule has 3 rings (SSSR count). The SMILES string of the molecule is CC(C)(C)C(=O)N1CCN(C(=O)c2cn(-c3ccccc3Cl)nn2)CC1. The Labute approximate surface area is 157 Å². The zero-order valence-electron chi connectivity index (χ0n) is 15.1. The molecule has 1 aliphatic rings. The second kappa shape index (κ2) is 7.07. The number of benzene rings is 1. The van der Waals surface area contributed by atoms with Crippen LogP contribution in [0.5, 0.6) is 0 Å². The maximum atomic E-state index is 12.7. The fourth-order valence-electron chi connectivity index (χ4n) is 2.87. The van der Waals surface area contributed by atoms with Gasteiger partial charge in [0.2, 0.25) is 5.91 Å². The Morgan fingerprint density at radius 3 is 2.27 bits per heavy atom. The first-order chi connectivity index (χ1) is 12.3. The number of nitrogens with zero attached hydrogens (tertiary/aromatic N) is 5. The molecule has 0 spiro atoms. The minimum absolute atomic E-state index is 0.106. The van der Waals surface area contributed by atoms with Crippen molar-refractivity contribution in [1.82, 2.24) is 24.8 Å². The molecule has 0 aliphatic carbocycles. The van der Waals surface area contributed by atoms with Crippen LogP contribution in [0.4, 0.5) is 0 Å². The molecule has 0 bridgehead atoms. The molecule has 1 saturated heterocycles. The molecule has 2 aromatic rings. The van der Waals surface area contributed by atoms with E-state index in [-0.39, 0.29) is 17.5 Å². The molecule has 2 amide bonds. The van der Waals surface area contributed by atoms with Crippen LogP contribution >= 0.6 is 11.6 Å². The van der Waals surface area contributed by atoms with Gasteiger partial charge in [-0.2, -0.15) is 0 Å². The summed E-state index contributed by atoms with van der Waals surface area (Å²) in [6.45, 7) is 7.74. The van der Waals surface area contributed by atoms with Crippen molar-refractivity contribution in [3.05, 3.63) is 41.2 Å². The van der Waals surface area contributed by atoms with Gasteiger partial charge in [-0.15, -0.1) is 5.10 Å². The van der Waals surface area contributed by atoms with Gasteiger partial charge in [0, 0.05) is 31.6 Å². The third-order valence-corrected chi connectivity index (χ3v) is 4.63. The molecule has 7 nitrogen and oxygen atoms in total. The molecular formula is C18H22ClN5O2. The van der Waals surface area contributed by atoms with Crippen molar-refractivity contribution in [3.8, 4) is 5.69 Å². The lowest BCUT2D eigenvalue weighted by atomic mass is 9.94. The number of hydrogen-bond acceptors (Lipinski definition) is 4. The van der Waals surface area contributed by atoms with Gasteiger partial charge in [-0.3, -0.25) is 9.59 Å². The monoisotopic (exact) mass is 375 g/mol. The Morgan fingerprint density at radius 1 is 1.04 bits per heavy atom. The summed E-state index contributed by atoms with van der Waals surface area (Å²) in [5.74, 6) is -0.0829. The minimum atomic E-state index is -0.413. The summed E-state index contributed by atoms with van der Waals surface area (Å²) in [4.78, 5) is 28.5. The Bertz CT molecular complexity index is 819. The highest BCUT2D eigenvalue weighted by Crippen LogP contribution is 2.20. The number of carbonyl (C=O) groups is 2. The number of rotatable bonds is 2. The van der Waals surface area contributed by atoms with Gasteiger partial charge >= 0.3 is 0 Å². The topological polar surface area (TPSA) is 71.3 Å². The van der Waals surface area contributed by atoms with Crippen molar-refractivity contribution in [2.24, 2.45) is 5.41 Å². The van der Waals surface area contributed by atoms with Crippen LogP contribution in [-0.2, 0) is 4.79 Å². The lowest BCUT2D eigenvalue weighted by molar-refractivity contribution is -0.140. The fourth-order valence-corrected chi connectivity index (χ4v) is 3.09. The quantitative estimate of drug-likeness (QED) is 0.807. The molecule has 0 saturated carbocycles. The molecule has 1 aromatic carbocycles. The first-order valence-electron chi connectivity index (χ1n) is 8.53. The van der Waals surface area contributed by atoms with Crippen molar-refractivity contribution < 1.29 is 9.59 Å². The van der Waals surface area contributed by atoms with Gasteiger partial charge in [-0.1, -0.05) is 49.7 Å². The average molecular weight is 376 g/mol. The summed E-state index contributed by atoms with van der Waals surface area (Å²) < 4.78 is 1.49. The van der Waals surface area contributed by atoms with Gasteiger partial charge in [0.15, 0.2) is 5.69 Å².